The van der Waals surface area contributed by atoms with Gasteiger partial charge in [-0.05, 0) is 13.3 Å². The molecule has 62 valence electrons. The van der Waals surface area contributed by atoms with E-state index in [2.05, 4.69) is 0 Å². The Bertz CT molecular complexity index is 174. The maximum Gasteiger partial charge on any atom is 0.306 e. The van der Waals surface area contributed by atoms with E-state index in [1.54, 1.807) is 12.2 Å². The van der Waals surface area contributed by atoms with Gasteiger partial charge in [0.25, 0.3) is 0 Å². The summed E-state index contributed by atoms with van der Waals surface area (Å²) < 4.78 is 4.84. The molecular weight excluding hydrogens is 144 g/mol. The molecule has 2 atom stereocenters. The molecule has 0 bridgehead atoms. The lowest BCUT2D eigenvalue weighted by molar-refractivity contribution is -0.144. The summed E-state index contributed by atoms with van der Waals surface area (Å²) in [6.07, 6.45) is 3.48. The standard InChI is InChI=1S/C8H12O3/c1-2-3-6(9)7-4-5-8(10)11-7/h2-3,6-7,9H,4-5H2,1H3. The van der Waals surface area contributed by atoms with Gasteiger partial charge < -0.3 is 9.84 Å². The van der Waals surface area contributed by atoms with Gasteiger partial charge in [-0.15, -0.1) is 0 Å². The lowest BCUT2D eigenvalue weighted by Crippen LogP contribution is -2.23. The van der Waals surface area contributed by atoms with Gasteiger partial charge in [0.05, 0.1) is 0 Å². The number of aliphatic hydroxyl groups excluding tert-OH is 1. The number of hydrogen-bond acceptors (Lipinski definition) is 3. The van der Waals surface area contributed by atoms with E-state index in [1.165, 1.54) is 0 Å². The van der Waals surface area contributed by atoms with Gasteiger partial charge in [0, 0.05) is 6.42 Å². The molecule has 0 spiro atoms. The molecule has 0 aromatic rings. The number of allylic oxidation sites excluding steroid dienone is 1. The summed E-state index contributed by atoms with van der Waals surface area (Å²) in [4.78, 5) is 10.6. The van der Waals surface area contributed by atoms with Gasteiger partial charge in [0.2, 0.25) is 0 Å². The molecule has 1 fully saturated rings. The average Bonchev–Trinajstić information content (AvgIpc) is 2.36. The highest BCUT2D eigenvalue weighted by atomic mass is 16.6. The number of rotatable bonds is 2. The lowest BCUT2D eigenvalue weighted by atomic mass is 10.1. The average molecular weight is 156 g/mol. The van der Waals surface area contributed by atoms with Crippen LogP contribution >= 0.6 is 0 Å². The van der Waals surface area contributed by atoms with Gasteiger partial charge in [0.15, 0.2) is 0 Å². The first kappa shape index (κ1) is 8.27. The molecule has 0 aliphatic carbocycles. The molecule has 3 heteroatoms. The second-order valence-electron chi connectivity index (χ2n) is 2.58. The largest absolute Gasteiger partial charge is 0.459 e. The van der Waals surface area contributed by atoms with Crippen molar-refractivity contribution in [3.05, 3.63) is 12.2 Å². The molecule has 0 aromatic carbocycles. The summed E-state index contributed by atoms with van der Waals surface area (Å²) in [5, 5.41) is 9.30. The number of esters is 1. The predicted octanol–water partition coefficient (Wildman–Crippen LogP) is 0.629. The van der Waals surface area contributed by atoms with E-state index in [1.807, 2.05) is 6.92 Å². The van der Waals surface area contributed by atoms with Gasteiger partial charge in [-0.25, -0.2) is 0 Å². The van der Waals surface area contributed by atoms with Crippen molar-refractivity contribution in [1.82, 2.24) is 0 Å². The molecule has 1 aliphatic rings. The summed E-state index contributed by atoms with van der Waals surface area (Å²) >= 11 is 0. The van der Waals surface area contributed by atoms with Gasteiger partial charge in [-0.2, -0.15) is 0 Å². The van der Waals surface area contributed by atoms with Gasteiger partial charge in [-0.1, -0.05) is 12.2 Å². The molecule has 3 nitrogen and oxygen atoms in total. The second-order valence-corrected chi connectivity index (χ2v) is 2.58. The van der Waals surface area contributed by atoms with E-state index in [-0.39, 0.29) is 12.1 Å². The van der Waals surface area contributed by atoms with Crippen LogP contribution in [-0.2, 0) is 9.53 Å². The third-order valence-electron chi connectivity index (χ3n) is 1.69. The smallest absolute Gasteiger partial charge is 0.306 e. The Morgan fingerprint density at radius 2 is 2.55 bits per heavy atom. The summed E-state index contributed by atoms with van der Waals surface area (Å²) in [6, 6.07) is 0. The van der Waals surface area contributed by atoms with Crippen LogP contribution < -0.4 is 0 Å². The number of carbonyl (C=O) groups excluding carboxylic acids is 1. The predicted molar refractivity (Wildman–Crippen MR) is 39.9 cm³/mol. The molecule has 0 amide bonds. The number of hydrogen-bond donors (Lipinski definition) is 1. The van der Waals surface area contributed by atoms with Crippen LogP contribution in [0, 0.1) is 0 Å². The highest BCUT2D eigenvalue weighted by molar-refractivity contribution is 5.71. The zero-order chi connectivity index (χ0) is 8.27. The fourth-order valence-electron chi connectivity index (χ4n) is 1.11. The molecule has 1 N–H and O–H groups in total. The third kappa shape index (κ3) is 2.05. The molecule has 1 aliphatic heterocycles. The Kier molecular flexibility index (Phi) is 2.65. The van der Waals surface area contributed by atoms with E-state index >= 15 is 0 Å². The lowest BCUT2D eigenvalue weighted by Gasteiger charge is -2.12. The summed E-state index contributed by atoms with van der Waals surface area (Å²) in [5.74, 6) is -0.210. The normalized spacial score (nSPS) is 27.5. The first-order chi connectivity index (χ1) is 5.24. The Morgan fingerprint density at radius 1 is 1.82 bits per heavy atom. The summed E-state index contributed by atoms with van der Waals surface area (Å²) in [6.45, 7) is 1.82. The summed E-state index contributed by atoms with van der Waals surface area (Å²) in [7, 11) is 0. The van der Waals surface area contributed by atoms with Gasteiger partial charge in [0.1, 0.15) is 12.2 Å². The molecule has 1 saturated heterocycles. The number of aliphatic hydroxyl groups is 1. The quantitative estimate of drug-likeness (QED) is 0.471. The minimum absolute atomic E-state index is 0.210. The van der Waals surface area contributed by atoms with Crippen molar-refractivity contribution in [3.63, 3.8) is 0 Å². The van der Waals surface area contributed by atoms with Crippen LogP contribution in [0.1, 0.15) is 19.8 Å². The van der Waals surface area contributed by atoms with Crippen molar-refractivity contribution >= 4 is 5.97 Å². The van der Waals surface area contributed by atoms with Gasteiger partial charge in [-0.3, -0.25) is 4.79 Å². The molecule has 0 radical (unpaired) electrons. The van der Waals surface area contributed by atoms with Crippen LogP contribution in [0.15, 0.2) is 12.2 Å². The van der Waals surface area contributed by atoms with E-state index in [9.17, 15) is 9.90 Å². The molecule has 1 heterocycles. The molecule has 1 rings (SSSR count). The van der Waals surface area contributed by atoms with Crippen LogP contribution in [0.2, 0.25) is 0 Å². The molecular formula is C8H12O3. The molecule has 11 heavy (non-hydrogen) atoms. The van der Waals surface area contributed by atoms with Crippen LogP contribution in [0.3, 0.4) is 0 Å². The fourth-order valence-corrected chi connectivity index (χ4v) is 1.11. The van der Waals surface area contributed by atoms with Crippen molar-refractivity contribution in [2.24, 2.45) is 0 Å². The molecule has 2 unspecified atom stereocenters. The molecule has 0 saturated carbocycles. The summed E-state index contributed by atoms with van der Waals surface area (Å²) in [5.41, 5.74) is 0. The van der Waals surface area contributed by atoms with E-state index in [0.717, 1.165) is 0 Å². The van der Waals surface area contributed by atoms with Crippen molar-refractivity contribution in [2.75, 3.05) is 0 Å². The SMILES string of the molecule is CC=CC(O)C1CCC(=O)O1. The Morgan fingerprint density at radius 3 is 3.00 bits per heavy atom. The Balaban J connectivity index is 2.42. The highest BCUT2D eigenvalue weighted by Crippen LogP contribution is 2.17. The monoisotopic (exact) mass is 156 g/mol. The zero-order valence-electron chi connectivity index (χ0n) is 6.49. The fraction of sp³-hybridized carbons (Fsp3) is 0.625. The van der Waals surface area contributed by atoms with Gasteiger partial charge >= 0.3 is 5.97 Å². The van der Waals surface area contributed by atoms with Crippen LogP contribution in [0.25, 0.3) is 0 Å². The molecule has 0 aromatic heterocycles. The Hall–Kier alpha value is -0.830. The Labute approximate surface area is 65.7 Å². The number of ether oxygens (including phenoxy) is 1. The van der Waals surface area contributed by atoms with Crippen molar-refractivity contribution in [1.29, 1.82) is 0 Å². The maximum atomic E-state index is 10.6. The van der Waals surface area contributed by atoms with Crippen molar-refractivity contribution in [3.8, 4) is 0 Å². The van der Waals surface area contributed by atoms with Crippen molar-refractivity contribution < 1.29 is 14.6 Å². The van der Waals surface area contributed by atoms with E-state index < -0.39 is 6.10 Å². The highest BCUT2D eigenvalue weighted by Gasteiger charge is 2.27. The first-order valence-corrected chi connectivity index (χ1v) is 3.74. The van der Waals surface area contributed by atoms with Crippen LogP contribution in [0.5, 0.6) is 0 Å². The maximum absolute atomic E-state index is 10.6. The van der Waals surface area contributed by atoms with E-state index in [4.69, 9.17) is 4.74 Å². The number of cyclic esters (lactones) is 1. The first-order valence-electron chi connectivity index (χ1n) is 3.74. The minimum Gasteiger partial charge on any atom is -0.459 e. The van der Waals surface area contributed by atoms with Crippen LogP contribution in [0.4, 0.5) is 0 Å². The minimum atomic E-state index is -0.633. The van der Waals surface area contributed by atoms with E-state index in [0.29, 0.717) is 12.8 Å². The topological polar surface area (TPSA) is 46.5 Å². The number of carbonyl (C=O) groups is 1. The third-order valence-corrected chi connectivity index (χ3v) is 1.69. The zero-order valence-corrected chi connectivity index (χ0v) is 6.49. The van der Waals surface area contributed by atoms with Crippen LogP contribution in [-0.4, -0.2) is 23.3 Å². The van der Waals surface area contributed by atoms with Crippen molar-refractivity contribution in [2.45, 2.75) is 32.0 Å². The second kappa shape index (κ2) is 3.53.